The lowest BCUT2D eigenvalue weighted by Gasteiger charge is -2.19. The first-order valence-electron chi connectivity index (χ1n) is 8.40. The maximum absolute atomic E-state index is 5.92. The Morgan fingerprint density at radius 1 is 1.27 bits per heavy atom. The van der Waals surface area contributed by atoms with Gasteiger partial charge in [-0.2, -0.15) is 21.0 Å². The summed E-state index contributed by atoms with van der Waals surface area (Å²) >= 11 is 1.63. The number of nitrogens with zero attached hydrogens (tertiary/aromatic N) is 6. The van der Waals surface area contributed by atoms with Gasteiger partial charge in [-0.15, -0.1) is 15.3 Å². The number of hydrogen-bond acceptors (Lipinski definition) is 7. The Kier molecular flexibility index (Phi) is 3.68. The number of ether oxygens (including phenoxy) is 1. The van der Waals surface area contributed by atoms with E-state index in [0.717, 1.165) is 34.8 Å². The monoisotopic (exact) mass is 367 g/mol. The van der Waals surface area contributed by atoms with Gasteiger partial charge in [0.05, 0.1) is 12.2 Å². The number of fused-ring (bicyclic) bond motifs is 1. The number of rotatable bonds is 4. The molecule has 0 bridgehead atoms. The number of aromatic nitrogens is 6. The highest BCUT2D eigenvalue weighted by molar-refractivity contribution is 7.08. The van der Waals surface area contributed by atoms with E-state index in [1.165, 1.54) is 0 Å². The van der Waals surface area contributed by atoms with Gasteiger partial charge in [-0.3, -0.25) is 4.68 Å². The molecule has 132 valence electrons. The minimum absolute atomic E-state index is 0.0292. The minimum Gasteiger partial charge on any atom is -0.371 e. The van der Waals surface area contributed by atoms with Crippen molar-refractivity contribution in [1.29, 1.82) is 0 Å². The lowest BCUT2D eigenvalue weighted by atomic mass is 10.1. The van der Waals surface area contributed by atoms with Crippen LogP contribution < -0.4 is 5.32 Å². The Labute approximate surface area is 153 Å². The summed E-state index contributed by atoms with van der Waals surface area (Å²) < 4.78 is 9.49. The minimum atomic E-state index is -0.0292. The van der Waals surface area contributed by atoms with Crippen LogP contribution >= 0.6 is 11.3 Å². The molecule has 0 amide bonds. The van der Waals surface area contributed by atoms with Crippen LogP contribution in [0.25, 0.3) is 17.0 Å². The first kappa shape index (κ1) is 15.5. The number of hydrogen-bond donors (Lipinski definition) is 1. The van der Waals surface area contributed by atoms with Gasteiger partial charge in [-0.05, 0) is 30.0 Å². The van der Waals surface area contributed by atoms with Crippen LogP contribution in [-0.2, 0) is 11.8 Å². The number of nitrogens with one attached hydrogen (secondary N) is 1. The molecule has 5 rings (SSSR count). The summed E-state index contributed by atoms with van der Waals surface area (Å²) in [5, 5.41) is 25.0. The quantitative estimate of drug-likeness (QED) is 0.597. The van der Waals surface area contributed by atoms with E-state index in [1.807, 2.05) is 48.4 Å². The molecule has 8 nitrogen and oxygen atoms in total. The predicted octanol–water partition coefficient (Wildman–Crippen LogP) is 2.53. The van der Waals surface area contributed by atoms with E-state index in [2.05, 4.69) is 20.6 Å². The molecule has 9 heteroatoms. The second-order valence-electron chi connectivity index (χ2n) is 6.30. The maximum atomic E-state index is 5.92. The Hall–Kier alpha value is -2.78. The molecule has 1 aliphatic rings. The van der Waals surface area contributed by atoms with Gasteiger partial charge in [-0.1, -0.05) is 0 Å². The van der Waals surface area contributed by atoms with Crippen molar-refractivity contribution in [2.75, 3.05) is 11.9 Å². The number of anilines is 1. The van der Waals surface area contributed by atoms with Crippen molar-refractivity contribution >= 4 is 22.8 Å². The molecule has 1 N–H and O–H groups in total. The highest BCUT2D eigenvalue weighted by atomic mass is 32.1. The molecular weight excluding hydrogens is 350 g/mol. The fourth-order valence-electron chi connectivity index (χ4n) is 3.28. The van der Waals surface area contributed by atoms with Gasteiger partial charge >= 0.3 is 0 Å². The van der Waals surface area contributed by atoms with Crippen molar-refractivity contribution < 1.29 is 4.74 Å². The van der Waals surface area contributed by atoms with Gasteiger partial charge in [-0.25, -0.2) is 0 Å². The molecule has 0 radical (unpaired) electrons. The Balaban J connectivity index is 1.45. The van der Waals surface area contributed by atoms with E-state index < -0.39 is 0 Å². The molecule has 0 spiro atoms. The molecule has 1 aliphatic heterocycles. The van der Waals surface area contributed by atoms with Gasteiger partial charge in [0.2, 0.25) is 0 Å². The molecule has 5 heterocycles. The fourth-order valence-corrected chi connectivity index (χ4v) is 3.91. The van der Waals surface area contributed by atoms with Crippen molar-refractivity contribution in [2.24, 2.45) is 7.05 Å². The van der Waals surface area contributed by atoms with Gasteiger partial charge < -0.3 is 10.1 Å². The van der Waals surface area contributed by atoms with Crippen LogP contribution in [0.2, 0.25) is 0 Å². The van der Waals surface area contributed by atoms with E-state index in [1.54, 1.807) is 20.5 Å². The van der Waals surface area contributed by atoms with Crippen LogP contribution in [0.1, 0.15) is 18.1 Å². The standard InChI is InChI=1S/C17H17N7OS/c1-23-9-12(8-18-23)16-13(4-6-25-16)19-14-2-3-15-20-21-17(24(15)22-14)11-5-7-26-10-11/h2-3,5,7-10,13,16H,4,6H2,1H3,(H,19,22)/t13-,16+/m0/s1. The van der Waals surface area contributed by atoms with Crippen LogP contribution in [-0.4, -0.2) is 42.2 Å². The van der Waals surface area contributed by atoms with Crippen molar-refractivity contribution in [2.45, 2.75) is 18.6 Å². The second kappa shape index (κ2) is 6.19. The zero-order valence-corrected chi connectivity index (χ0v) is 14.9. The number of thiophene rings is 1. The van der Waals surface area contributed by atoms with E-state index in [4.69, 9.17) is 9.84 Å². The highest BCUT2D eigenvalue weighted by Gasteiger charge is 2.31. The van der Waals surface area contributed by atoms with Crippen LogP contribution in [0.3, 0.4) is 0 Å². The molecule has 26 heavy (non-hydrogen) atoms. The second-order valence-corrected chi connectivity index (χ2v) is 7.08. The SMILES string of the molecule is Cn1cc([C@H]2OCC[C@@H]2Nc2ccc3nnc(-c4ccsc4)n3n2)cn1. The third-order valence-electron chi connectivity index (χ3n) is 4.52. The Morgan fingerprint density at radius 2 is 2.23 bits per heavy atom. The van der Waals surface area contributed by atoms with E-state index >= 15 is 0 Å². The molecule has 0 saturated carbocycles. The maximum Gasteiger partial charge on any atom is 0.186 e. The van der Waals surface area contributed by atoms with Gasteiger partial charge in [0.25, 0.3) is 0 Å². The summed E-state index contributed by atoms with van der Waals surface area (Å²) in [5.74, 6) is 1.52. The predicted molar refractivity (Wildman–Crippen MR) is 98.0 cm³/mol. The highest BCUT2D eigenvalue weighted by Crippen LogP contribution is 2.31. The Bertz CT molecular complexity index is 1040. The average Bonchev–Trinajstić information content (AvgIpc) is 3.41. The van der Waals surface area contributed by atoms with E-state index in [-0.39, 0.29) is 12.1 Å². The third-order valence-corrected chi connectivity index (χ3v) is 5.20. The number of aryl methyl sites for hydroxylation is 1. The molecular formula is C17H17N7OS. The normalized spacial score (nSPS) is 20.0. The van der Waals surface area contributed by atoms with Gasteiger partial charge in [0.1, 0.15) is 11.9 Å². The zero-order valence-electron chi connectivity index (χ0n) is 14.1. The molecule has 2 atom stereocenters. The topological polar surface area (TPSA) is 82.2 Å². The summed E-state index contributed by atoms with van der Waals surface area (Å²) in [6.45, 7) is 0.715. The molecule has 4 aromatic rings. The largest absolute Gasteiger partial charge is 0.371 e. The molecule has 0 unspecified atom stereocenters. The molecule has 0 aliphatic carbocycles. The summed E-state index contributed by atoms with van der Waals surface area (Å²) in [6.07, 6.45) is 4.74. The summed E-state index contributed by atoms with van der Waals surface area (Å²) in [4.78, 5) is 0. The van der Waals surface area contributed by atoms with Crippen LogP contribution in [0, 0.1) is 0 Å². The smallest absolute Gasteiger partial charge is 0.186 e. The van der Waals surface area contributed by atoms with Crippen LogP contribution in [0.15, 0.2) is 41.4 Å². The van der Waals surface area contributed by atoms with Crippen molar-refractivity contribution in [1.82, 2.24) is 29.6 Å². The van der Waals surface area contributed by atoms with Crippen molar-refractivity contribution in [3.8, 4) is 11.4 Å². The molecule has 1 fully saturated rings. The van der Waals surface area contributed by atoms with Crippen molar-refractivity contribution in [3.05, 3.63) is 46.9 Å². The summed E-state index contributed by atoms with van der Waals surface area (Å²) in [7, 11) is 1.91. The zero-order chi connectivity index (χ0) is 17.5. The van der Waals surface area contributed by atoms with Crippen LogP contribution in [0.4, 0.5) is 5.82 Å². The van der Waals surface area contributed by atoms with Gasteiger partial charge in [0, 0.05) is 36.4 Å². The Morgan fingerprint density at radius 3 is 3.04 bits per heavy atom. The lowest BCUT2D eigenvalue weighted by molar-refractivity contribution is 0.107. The van der Waals surface area contributed by atoms with E-state index in [9.17, 15) is 0 Å². The lowest BCUT2D eigenvalue weighted by Crippen LogP contribution is -2.24. The fraction of sp³-hybridized carbons (Fsp3) is 0.294. The average molecular weight is 367 g/mol. The molecule has 0 aromatic carbocycles. The summed E-state index contributed by atoms with van der Waals surface area (Å²) in [6, 6.07) is 6.02. The first-order valence-corrected chi connectivity index (χ1v) is 9.34. The van der Waals surface area contributed by atoms with Gasteiger partial charge in [0.15, 0.2) is 11.5 Å². The van der Waals surface area contributed by atoms with E-state index in [0.29, 0.717) is 6.61 Å². The van der Waals surface area contributed by atoms with Crippen LogP contribution in [0.5, 0.6) is 0 Å². The van der Waals surface area contributed by atoms with Crippen molar-refractivity contribution in [3.63, 3.8) is 0 Å². The molecule has 4 aromatic heterocycles. The first-order chi connectivity index (χ1) is 12.8. The third kappa shape index (κ3) is 2.65. The summed E-state index contributed by atoms with van der Waals surface area (Å²) in [5.41, 5.74) is 2.82. The molecule has 1 saturated heterocycles.